The number of hydrogen-bond acceptors (Lipinski definition) is 0. The highest BCUT2D eigenvalue weighted by molar-refractivity contribution is 7.21. The van der Waals surface area contributed by atoms with Gasteiger partial charge in [0, 0.05) is 11.0 Å². The van der Waals surface area contributed by atoms with Gasteiger partial charge in [0.05, 0.1) is 0 Å². The van der Waals surface area contributed by atoms with Crippen LogP contribution in [-0.4, -0.2) is 5.12 Å². The third-order valence-electron chi connectivity index (χ3n) is 2.86. The third kappa shape index (κ3) is 3.56. The second-order valence-corrected chi connectivity index (χ2v) is 5.91. The maximum absolute atomic E-state index is 6.14. The molecule has 2 heteroatoms. The van der Waals surface area contributed by atoms with Gasteiger partial charge in [0.25, 0.3) is 0 Å². The van der Waals surface area contributed by atoms with Gasteiger partial charge < -0.3 is 0 Å². The zero-order chi connectivity index (χ0) is 12.1. The molecule has 0 radical (unpaired) electrons. The summed E-state index contributed by atoms with van der Waals surface area (Å²) in [6.07, 6.45) is 0.931. The van der Waals surface area contributed by atoms with Crippen LogP contribution in [-0.2, 0) is 0 Å². The lowest BCUT2D eigenvalue weighted by atomic mass is 9.89. The summed E-state index contributed by atoms with van der Waals surface area (Å²) >= 11 is 6.14. The summed E-state index contributed by atoms with van der Waals surface area (Å²) in [5.41, 5.74) is 2.65. The molecule has 0 aliphatic rings. The van der Waals surface area contributed by atoms with Crippen molar-refractivity contribution in [3.8, 4) is 0 Å². The minimum Gasteiger partial charge on any atom is -0.118 e. The number of hydrogen-bond donors (Lipinski definition) is 0. The smallest absolute Gasteiger partial charge is 0.0485 e. The van der Waals surface area contributed by atoms with Gasteiger partial charge in [0.2, 0.25) is 0 Å². The quantitative estimate of drug-likeness (QED) is 0.556. The van der Waals surface area contributed by atoms with Crippen molar-refractivity contribution in [2.24, 2.45) is 0 Å². The monoisotopic (exact) mass is 262 g/mol. The van der Waals surface area contributed by atoms with E-state index < -0.39 is 0 Å². The number of rotatable bonds is 4. The lowest BCUT2D eigenvalue weighted by molar-refractivity contribution is 0.763. The first-order chi connectivity index (χ1) is 8.27. The average molecular weight is 263 g/mol. The van der Waals surface area contributed by atoms with Crippen LogP contribution in [0.4, 0.5) is 0 Å². The molecule has 0 saturated carbocycles. The van der Waals surface area contributed by atoms with E-state index in [1.807, 2.05) is 12.1 Å². The van der Waals surface area contributed by atoms with Crippen molar-refractivity contribution in [1.29, 1.82) is 0 Å². The van der Waals surface area contributed by atoms with Crippen LogP contribution in [0.25, 0.3) is 0 Å². The Kier molecular flexibility index (Phi) is 4.59. The molecule has 0 aliphatic carbocycles. The fourth-order valence-corrected chi connectivity index (χ4v) is 2.51. The first-order valence-electron chi connectivity index (χ1n) is 5.77. The van der Waals surface area contributed by atoms with Gasteiger partial charge in [0.15, 0.2) is 0 Å². The van der Waals surface area contributed by atoms with Gasteiger partial charge in [-0.25, -0.2) is 0 Å². The van der Waals surface area contributed by atoms with Gasteiger partial charge in [-0.3, -0.25) is 0 Å². The van der Waals surface area contributed by atoms with E-state index in [1.165, 1.54) is 11.1 Å². The molecule has 2 atom stereocenters. The van der Waals surface area contributed by atoms with Crippen LogP contribution in [0.3, 0.4) is 0 Å². The minimum atomic E-state index is 0.0976. The van der Waals surface area contributed by atoms with Crippen LogP contribution >= 0.6 is 20.8 Å². The predicted molar refractivity (Wildman–Crippen MR) is 78.7 cm³/mol. The molecule has 0 bridgehead atoms. The van der Waals surface area contributed by atoms with Gasteiger partial charge in [-0.1, -0.05) is 60.7 Å². The fraction of sp³-hybridized carbons (Fsp3) is 0.200. The molecular weight excluding hydrogens is 247 g/mol. The Balaban J connectivity index is 2.32. The summed E-state index contributed by atoms with van der Waals surface area (Å²) in [5, 5.41) is 0.0976. The molecule has 88 valence electrons. The molecule has 2 aromatic rings. The van der Waals surface area contributed by atoms with E-state index >= 15 is 0 Å². The van der Waals surface area contributed by atoms with E-state index in [4.69, 9.17) is 11.6 Å². The van der Waals surface area contributed by atoms with Crippen LogP contribution in [0.15, 0.2) is 60.7 Å². The molecule has 2 rings (SSSR count). The molecule has 0 saturated heterocycles. The zero-order valence-electron chi connectivity index (χ0n) is 9.59. The molecule has 0 nitrogen and oxygen atoms in total. The van der Waals surface area contributed by atoms with Crippen molar-refractivity contribution in [2.45, 2.75) is 17.5 Å². The van der Waals surface area contributed by atoms with Crippen molar-refractivity contribution in [3.05, 3.63) is 71.8 Å². The van der Waals surface area contributed by atoms with E-state index in [0.29, 0.717) is 5.92 Å². The molecular formula is C15H16ClP. The van der Waals surface area contributed by atoms with Crippen molar-refractivity contribution in [2.75, 3.05) is 0 Å². The standard InChI is InChI=1S/C15H16ClP/c16-15(17)11-14(12-7-3-1-4-8-12)13-9-5-2-6-10-13/h1-10,14-15H,11,17H2. The van der Waals surface area contributed by atoms with E-state index in [-0.39, 0.29) is 5.12 Å². The maximum atomic E-state index is 6.14. The largest absolute Gasteiger partial charge is 0.118 e. The highest BCUT2D eigenvalue weighted by Crippen LogP contribution is 2.32. The molecule has 0 heterocycles. The van der Waals surface area contributed by atoms with Crippen molar-refractivity contribution in [1.82, 2.24) is 0 Å². The number of halogens is 1. The van der Waals surface area contributed by atoms with Gasteiger partial charge in [-0.05, 0) is 17.5 Å². The topological polar surface area (TPSA) is 0 Å². The zero-order valence-corrected chi connectivity index (χ0v) is 11.5. The summed E-state index contributed by atoms with van der Waals surface area (Å²) in [5.74, 6) is 0.373. The second-order valence-electron chi connectivity index (χ2n) is 4.13. The van der Waals surface area contributed by atoms with E-state index in [9.17, 15) is 0 Å². The second kappa shape index (κ2) is 6.19. The summed E-state index contributed by atoms with van der Waals surface area (Å²) in [7, 11) is 2.67. The van der Waals surface area contributed by atoms with E-state index in [2.05, 4.69) is 57.8 Å². The first kappa shape index (κ1) is 12.6. The fourth-order valence-electron chi connectivity index (χ4n) is 2.06. The molecule has 0 aromatic heterocycles. The Bertz CT molecular complexity index is 399. The molecule has 0 fully saturated rings. The molecule has 2 aromatic carbocycles. The molecule has 0 N–H and O–H groups in total. The molecule has 0 amide bonds. The van der Waals surface area contributed by atoms with Crippen LogP contribution in [0, 0.1) is 0 Å². The Labute approximate surface area is 110 Å². The van der Waals surface area contributed by atoms with E-state index in [0.717, 1.165) is 6.42 Å². The lowest BCUT2D eigenvalue weighted by Crippen LogP contribution is -2.04. The Morgan fingerprint density at radius 3 is 1.59 bits per heavy atom. The maximum Gasteiger partial charge on any atom is 0.0485 e. The number of benzene rings is 2. The minimum absolute atomic E-state index is 0.0976. The normalized spacial score (nSPS) is 12.6. The average Bonchev–Trinajstić information content (AvgIpc) is 2.38. The Hall–Kier alpha value is -0.840. The van der Waals surface area contributed by atoms with Crippen LogP contribution < -0.4 is 0 Å². The first-order valence-corrected chi connectivity index (χ1v) is 6.87. The Morgan fingerprint density at radius 1 is 0.824 bits per heavy atom. The predicted octanol–water partition coefficient (Wildman–Crippen LogP) is 4.65. The lowest BCUT2D eigenvalue weighted by Gasteiger charge is -2.19. The van der Waals surface area contributed by atoms with Gasteiger partial charge >= 0.3 is 0 Å². The van der Waals surface area contributed by atoms with Crippen LogP contribution in [0.1, 0.15) is 23.5 Å². The summed E-state index contributed by atoms with van der Waals surface area (Å²) < 4.78 is 0. The van der Waals surface area contributed by atoms with Crippen LogP contribution in [0.5, 0.6) is 0 Å². The SMILES string of the molecule is PC(Cl)CC(c1ccccc1)c1ccccc1. The van der Waals surface area contributed by atoms with Crippen molar-refractivity contribution >= 4 is 20.8 Å². The highest BCUT2D eigenvalue weighted by Gasteiger charge is 2.15. The molecule has 17 heavy (non-hydrogen) atoms. The van der Waals surface area contributed by atoms with Gasteiger partial charge in [0.1, 0.15) is 0 Å². The summed E-state index contributed by atoms with van der Waals surface area (Å²) in [6, 6.07) is 21.1. The molecule has 0 aliphatic heterocycles. The van der Waals surface area contributed by atoms with Gasteiger partial charge in [-0.2, -0.15) is 0 Å². The number of alkyl halides is 1. The molecule has 0 spiro atoms. The van der Waals surface area contributed by atoms with Crippen molar-refractivity contribution < 1.29 is 0 Å². The van der Waals surface area contributed by atoms with Gasteiger partial charge in [-0.15, -0.1) is 20.8 Å². The van der Waals surface area contributed by atoms with E-state index in [1.54, 1.807) is 0 Å². The van der Waals surface area contributed by atoms with Crippen LogP contribution in [0.2, 0.25) is 0 Å². The molecule has 2 unspecified atom stereocenters. The Morgan fingerprint density at radius 2 is 1.24 bits per heavy atom. The summed E-state index contributed by atoms with van der Waals surface area (Å²) in [4.78, 5) is 0. The highest BCUT2D eigenvalue weighted by atomic mass is 35.5. The summed E-state index contributed by atoms with van der Waals surface area (Å²) in [6.45, 7) is 0. The third-order valence-corrected chi connectivity index (χ3v) is 3.32. The van der Waals surface area contributed by atoms with Crippen molar-refractivity contribution in [3.63, 3.8) is 0 Å².